The third kappa shape index (κ3) is 3.49. The quantitative estimate of drug-likeness (QED) is 0.671. The lowest BCUT2D eigenvalue weighted by Gasteiger charge is -2.44. The van der Waals surface area contributed by atoms with Crippen LogP contribution in [-0.4, -0.2) is 58.1 Å². The van der Waals surface area contributed by atoms with Crippen LogP contribution in [0.1, 0.15) is 34.5 Å². The van der Waals surface area contributed by atoms with E-state index in [2.05, 4.69) is 22.1 Å². The van der Waals surface area contributed by atoms with E-state index in [4.69, 9.17) is 0 Å². The molecule has 29 heavy (non-hydrogen) atoms. The van der Waals surface area contributed by atoms with E-state index in [0.29, 0.717) is 31.6 Å². The van der Waals surface area contributed by atoms with Crippen LogP contribution in [-0.2, 0) is 6.42 Å². The molecule has 1 aliphatic carbocycles. The molecule has 148 valence electrons. The zero-order chi connectivity index (χ0) is 20.0. The number of likely N-dealkylation sites (N-methyl/N-ethyl adjacent to an activating group) is 1. The van der Waals surface area contributed by atoms with E-state index < -0.39 is 5.82 Å². The highest BCUT2D eigenvalue weighted by Gasteiger charge is 2.39. The van der Waals surface area contributed by atoms with Gasteiger partial charge in [-0.05, 0) is 37.6 Å². The van der Waals surface area contributed by atoms with Crippen molar-refractivity contribution < 1.29 is 9.18 Å². The Balaban J connectivity index is 1.34. The minimum Gasteiger partial charge on any atom is -0.335 e. The predicted molar refractivity (Wildman–Crippen MR) is 109 cm³/mol. The van der Waals surface area contributed by atoms with E-state index in [0.717, 1.165) is 22.0 Å². The zero-order valence-electron chi connectivity index (χ0n) is 16.4. The van der Waals surface area contributed by atoms with Gasteiger partial charge >= 0.3 is 0 Å². The molecule has 5 rings (SSSR count). The van der Waals surface area contributed by atoms with Crippen LogP contribution in [0, 0.1) is 5.82 Å². The first-order valence-corrected chi connectivity index (χ1v) is 10.1. The van der Waals surface area contributed by atoms with Crippen molar-refractivity contribution in [3.63, 3.8) is 0 Å². The first-order chi connectivity index (χ1) is 14.1. The number of hydrogen-bond donors (Lipinski definition) is 0. The fourth-order valence-electron chi connectivity index (χ4n) is 4.09. The van der Waals surface area contributed by atoms with Crippen molar-refractivity contribution >= 4 is 16.7 Å². The van der Waals surface area contributed by atoms with Crippen molar-refractivity contribution in [3.05, 3.63) is 71.3 Å². The second-order valence-electron chi connectivity index (χ2n) is 8.13. The molecule has 2 aromatic carbocycles. The summed E-state index contributed by atoms with van der Waals surface area (Å²) in [6, 6.07) is 13.7. The summed E-state index contributed by atoms with van der Waals surface area (Å²) in [6.07, 6.45) is 4.72. The van der Waals surface area contributed by atoms with Gasteiger partial charge in [0.1, 0.15) is 5.82 Å². The van der Waals surface area contributed by atoms with Gasteiger partial charge in [0, 0.05) is 42.4 Å². The van der Waals surface area contributed by atoms with Crippen molar-refractivity contribution in [1.29, 1.82) is 0 Å². The molecule has 1 aliphatic heterocycles. The molecule has 0 bridgehead atoms. The molecule has 1 saturated heterocycles. The Kier molecular flexibility index (Phi) is 4.51. The summed E-state index contributed by atoms with van der Waals surface area (Å²) in [5, 5.41) is 10.4. The number of hydrogen-bond acceptors (Lipinski definition) is 4. The number of likely N-dealkylation sites (tertiary alicyclic amines) is 1. The van der Waals surface area contributed by atoms with Crippen LogP contribution in [0.15, 0.2) is 48.7 Å². The molecule has 0 atom stereocenters. The normalized spacial score (nSPS) is 17.0. The number of rotatable bonds is 5. The van der Waals surface area contributed by atoms with E-state index in [1.165, 1.54) is 18.9 Å². The molecule has 2 heterocycles. The molecule has 1 saturated carbocycles. The van der Waals surface area contributed by atoms with Crippen LogP contribution >= 0.6 is 0 Å². The minimum atomic E-state index is -0.471. The van der Waals surface area contributed by atoms with Gasteiger partial charge in [-0.25, -0.2) is 4.39 Å². The van der Waals surface area contributed by atoms with Crippen molar-refractivity contribution in [2.75, 3.05) is 20.1 Å². The Morgan fingerprint density at radius 2 is 1.97 bits per heavy atom. The van der Waals surface area contributed by atoms with E-state index >= 15 is 0 Å². The summed E-state index contributed by atoms with van der Waals surface area (Å²) in [4.78, 5) is 17.0. The fraction of sp³-hybridized carbons (Fsp3) is 0.348. The van der Waals surface area contributed by atoms with Gasteiger partial charge in [-0.15, -0.1) is 0 Å². The third-order valence-corrected chi connectivity index (χ3v) is 6.13. The summed E-state index contributed by atoms with van der Waals surface area (Å²) < 4.78 is 14.4. The van der Waals surface area contributed by atoms with Gasteiger partial charge in [-0.2, -0.15) is 10.2 Å². The Morgan fingerprint density at radius 3 is 2.76 bits per heavy atom. The number of carbonyl (C=O) groups is 1. The van der Waals surface area contributed by atoms with Crippen LogP contribution in [0.5, 0.6) is 0 Å². The fourth-order valence-corrected chi connectivity index (χ4v) is 4.09. The molecule has 5 nitrogen and oxygen atoms in total. The first-order valence-electron chi connectivity index (χ1n) is 10.1. The van der Waals surface area contributed by atoms with Gasteiger partial charge in [-0.3, -0.25) is 9.69 Å². The van der Waals surface area contributed by atoms with E-state index in [1.807, 2.05) is 24.3 Å². The second-order valence-corrected chi connectivity index (χ2v) is 8.13. The average molecular weight is 390 g/mol. The summed E-state index contributed by atoms with van der Waals surface area (Å²) >= 11 is 0. The molecular weight excluding hydrogens is 367 g/mol. The lowest BCUT2D eigenvalue weighted by atomic mass is 10.0. The topological polar surface area (TPSA) is 49.3 Å². The molecule has 2 aliphatic rings. The van der Waals surface area contributed by atoms with E-state index in [-0.39, 0.29) is 11.5 Å². The van der Waals surface area contributed by atoms with Crippen molar-refractivity contribution in [2.45, 2.75) is 31.3 Å². The monoisotopic (exact) mass is 390 g/mol. The van der Waals surface area contributed by atoms with Crippen LogP contribution in [0.2, 0.25) is 0 Å². The van der Waals surface area contributed by atoms with Gasteiger partial charge in [0.05, 0.1) is 17.5 Å². The number of carbonyl (C=O) groups excluding carboxylic acids is 1. The number of benzene rings is 2. The number of fused-ring (bicyclic) bond motifs is 1. The van der Waals surface area contributed by atoms with Gasteiger partial charge in [0.15, 0.2) is 0 Å². The summed E-state index contributed by atoms with van der Waals surface area (Å²) in [5.74, 6) is -0.699. The van der Waals surface area contributed by atoms with Gasteiger partial charge < -0.3 is 4.90 Å². The summed E-state index contributed by atoms with van der Waals surface area (Å²) in [7, 11) is 2.12. The van der Waals surface area contributed by atoms with Gasteiger partial charge in [0.25, 0.3) is 5.91 Å². The average Bonchev–Trinajstić information content (AvgIpc) is 3.54. The molecule has 3 aromatic rings. The van der Waals surface area contributed by atoms with Crippen molar-refractivity contribution in [1.82, 2.24) is 20.0 Å². The van der Waals surface area contributed by atoms with Crippen LogP contribution < -0.4 is 0 Å². The van der Waals surface area contributed by atoms with Crippen LogP contribution in [0.25, 0.3) is 10.8 Å². The largest absolute Gasteiger partial charge is 0.335 e. The van der Waals surface area contributed by atoms with Gasteiger partial charge in [-0.1, -0.05) is 30.3 Å². The standard InChI is InChI=1S/C23H23FN4O/c1-27(17-7-8-17)18-13-28(14-18)23(29)20-10-15(6-9-21(20)24)11-22-19-5-3-2-4-16(19)12-25-26-22/h2-6,9-10,12,17-18H,7-8,11,13-14H2,1H3. The number of nitrogens with zero attached hydrogens (tertiary/aromatic N) is 4. The molecule has 0 radical (unpaired) electrons. The Bertz CT molecular complexity index is 1070. The molecule has 6 heteroatoms. The zero-order valence-corrected chi connectivity index (χ0v) is 16.4. The van der Waals surface area contributed by atoms with Crippen molar-refractivity contribution in [3.8, 4) is 0 Å². The molecule has 1 amide bonds. The van der Waals surface area contributed by atoms with E-state index in [1.54, 1.807) is 23.2 Å². The third-order valence-electron chi connectivity index (χ3n) is 6.13. The first kappa shape index (κ1) is 18.2. The lowest BCUT2D eigenvalue weighted by Crippen LogP contribution is -2.60. The van der Waals surface area contributed by atoms with Gasteiger partial charge in [0.2, 0.25) is 0 Å². The molecular formula is C23H23FN4O. The maximum absolute atomic E-state index is 14.4. The molecule has 0 unspecified atom stereocenters. The molecule has 1 aromatic heterocycles. The predicted octanol–water partition coefficient (Wildman–Crippen LogP) is 3.28. The Morgan fingerprint density at radius 1 is 1.17 bits per heavy atom. The van der Waals surface area contributed by atoms with Crippen LogP contribution in [0.3, 0.4) is 0 Å². The molecule has 2 fully saturated rings. The maximum Gasteiger partial charge on any atom is 0.256 e. The number of aromatic nitrogens is 2. The Hall–Kier alpha value is -2.86. The van der Waals surface area contributed by atoms with E-state index in [9.17, 15) is 9.18 Å². The second kappa shape index (κ2) is 7.19. The SMILES string of the molecule is CN(C1CC1)C1CN(C(=O)c2cc(Cc3nncc4ccccc34)ccc2F)C1. The van der Waals surface area contributed by atoms with Crippen molar-refractivity contribution in [2.24, 2.45) is 0 Å². The lowest BCUT2D eigenvalue weighted by molar-refractivity contribution is 0.0315. The molecule has 0 spiro atoms. The highest BCUT2D eigenvalue weighted by atomic mass is 19.1. The van der Waals surface area contributed by atoms with Crippen LogP contribution in [0.4, 0.5) is 4.39 Å². The maximum atomic E-state index is 14.4. The number of amides is 1. The highest BCUT2D eigenvalue weighted by Crippen LogP contribution is 2.30. The molecule has 0 N–H and O–H groups in total. The highest BCUT2D eigenvalue weighted by molar-refractivity contribution is 5.95. The number of halogens is 1. The summed E-state index contributed by atoms with van der Waals surface area (Å²) in [5.41, 5.74) is 1.82. The smallest absolute Gasteiger partial charge is 0.256 e. The Labute approximate surface area is 169 Å². The summed E-state index contributed by atoms with van der Waals surface area (Å²) in [6.45, 7) is 1.34. The minimum absolute atomic E-state index is 0.142.